The highest BCUT2D eigenvalue weighted by atomic mass is 16.1. The molecule has 3 aromatic rings. The van der Waals surface area contributed by atoms with Gasteiger partial charge in [-0.15, -0.1) is 0 Å². The lowest BCUT2D eigenvalue weighted by molar-refractivity contribution is 0.112. The lowest BCUT2D eigenvalue weighted by Gasteiger charge is -1.97. The second-order valence-electron chi connectivity index (χ2n) is 4.05. The monoisotopic (exact) mass is 225 g/mol. The summed E-state index contributed by atoms with van der Waals surface area (Å²) in [5, 5.41) is 5.19. The topological polar surface area (TPSA) is 50.7 Å². The van der Waals surface area contributed by atoms with E-state index in [1.165, 1.54) is 0 Å². The highest BCUT2D eigenvalue weighted by molar-refractivity contribution is 5.90. The third-order valence-corrected chi connectivity index (χ3v) is 2.81. The molecule has 1 aromatic carbocycles. The first-order valence-corrected chi connectivity index (χ1v) is 5.33. The molecule has 1 N–H and O–H groups in total. The maximum atomic E-state index is 10.7. The summed E-state index contributed by atoms with van der Waals surface area (Å²) >= 11 is 0. The molecule has 0 spiro atoms. The second kappa shape index (κ2) is 3.59. The first-order valence-electron chi connectivity index (χ1n) is 5.33. The smallest absolute Gasteiger partial charge is 0.166 e. The van der Waals surface area contributed by atoms with Crippen LogP contribution in [0.4, 0.5) is 0 Å². The predicted molar refractivity (Wildman–Crippen MR) is 65.9 cm³/mol. The summed E-state index contributed by atoms with van der Waals surface area (Å²) in [7, 11) is 1.89. The van der Waals surface area contributed by atoms with Gasteiger partial charge in [0.15, 0.2) is 6.29 Å². The Balaban J connectivity index is 2.15. The molecule has 0 atom stereocenters. The Bertz CT molecular complexity index is 694. The van der Waals surface area contributed by atoms with Crippen LogP contribution in [0.15, 0.2) is 36.7 Å². The molecule has 0 radical (unpaired) electrons. The third-order valence-electron chi connectivity index (χ3n) is 2.81. The molecular formula is C13H11N3O. The molecule has 0 bridgehead atoms. The molecule has 84 valence electrons. The first-order chi connectivity index (χ1) is 8.26. The lowest BCUT2D eigenvalue weighted by Crippen LogP contribution is -1.84. The van der Waals surface area contributed by atoms with Gasteiger partial charge < -0.3 is 4.98 Å². The number of hydrogen-bond donors (Lipinski definition) is 1. The Morgan fingerprint density at radius 2 is 2.18 bits per heavy atom. The number of fused-ring (bicyclic) bond motifs is 1. The number of nitrogens with zero attached hydrogens (tertiary/aromatic N) is 2. The molecule has 0 aliphatic rings. The van der Waals surface area contributed by atoms with Crippen LogP contribution in [0, 0.1) is 0 Å². The van der Waals surface area contributed by atoms with Gasteiger partial charge in [0.1, 0.15) is 0 Å². The zero-order chi connectivity index (χ0) is 11.8. The van der Waals surface area contributed by atoms with Crippen LogP contribution < -0.4 is 0 Å². The van der Waals surface area contributed by atoms with Crippen LogP contribution in [0.1, 0.15) is 10.5 Å². The number of H-pyrrole nitrogens is 1. The van der Waals surface area contributed by atoms with Gasteiger partial charge in [0.05, 0.1) is 11.9 Å². The van der Waals surface area contributed by atoms with Crippen LogP contribution in [0.5, 0.6) is 0 Å². The van der Waals surface area contributed by atoms with Crippen LogP contribution in [-0.4, -0.2) is 21.1 Å². The summed E-state index contributed by atoms with van der Waals surface area (Å²) in [4.78, 5) is 13.8. The Kier molecular flexibility index (Phi) is 2.08. The van der Waals surface area contributed by atoms with Gasteiger partial charge in [-0.25, -0.2) is 0 Å². The number of hydrogen-bond acceptors (Lipinski definition) is 2. The molecule has 4 heteroatoms. The number of aryl methyl sites for hydroxylation is 1. The van der Waals surface area contributed by atoms with Gasteiger partial charge in [-0.1, -0.05) is 12.1 Å². The van der Waals surface area contributed by atoms with Crippen molar-refractivity contribution in [2.24, 2.45) is 7.05 Å². The maximum absolute atomic E-state index is 10.7. The number of benzene rings is 1. The van der Waals surface area contributed by atoms with Gasteiger partial charge in [0.25, 0.3) is 0 Å². The zero-order valence-corrected chi connectivity index (χ0v) is 9.34. The van der Waals surface area contributed by atoms with Crippen molar-refractivity contribution in [1.82, 2.24) is 14.8 Å². The summed E-state index contributed by atoms with van der Waals surface area (Å²) in [6, 6.07) is 7.90. The highest BCUT2D eigenvalue weighted by Crippen LogP contribution is 2.23. The number of rotatable bonds is 2. The molecular weight excluding hydrogens is 214 g/mol. The van der Waals surface area contributed by atoms with E-state index in [1.54, 1.807) is 4.68 Å². The fourth-order valence-electron chi connectivity index (χ4n) is 1.96. The van der Waals surface area contributed by atoms with Gasteiger partial charge in [0, 0.05) is 29.7 Å². The average Bonchev–Trinajstić information content (AvgIpc) is 2.93. The van der Waals surface area contributed by atoms with Gasteiger partial charge in [0.2, 0.25) is 0 Å². The number of nitrogens with one attached hydrogen (secondary N) is 1. The van der Waals surface area contributed by atoms with Crippen molar-refractivity contribution >= 4 is 17.2 Å². The van der Waals surface area contributed by atoms with E-state index in [9.17, 15) is 4.79 Å². The van der Waals surface area contributed by atoms with Crippen molar-refractivity contribution in [2.75, 3.05) is 0 Å². The Morgan fingerprint density at radius 3 is 2.88 bits per heavy atom. The van der Waals surface area contributed by atoms with Gasteiger partial charge >= 0.3 is 0 Å². The van der Waals surface area contributed by atoms with Crippen LogP contribution in [0.2, 0.25) is 0 Å². The average molecular weight is 225 g/mol. The molecule has 17 heavy (non-hydrogen) atoms. The number of aldehydes is 1. The summed E-state index contributed by atoms with van der Waals surface area (Å²) < 4.78 is 1.77. The van der Waals surface area contributed by atoms with E-state index in [0.717, 1.165) is 28.3 Å². The van der Waals surface area contributed by atoms with E-state index in [-0.39, 0.29) is 0 Å². The Labute approximate surface area is 97.9 Å². The fourth-order valence-corrected chi connectivity index (χ4v) is 1.96. The molecule has 0 unspecified atom stereocenters. The molecule has 0 aliphatic heterocycles. The lowest BCUT2D eigenvalue weighted by atomic mass is 10.1. The van der Waals surface area contributed by atoms with Crippen LogP contribution >= 0.6 is 0 Å². The van der Waals surface area contributed by atoms with Crippen molar-refractivity contribution in [3.63, 3.8) is 0 Å². The Hall–Kier alpha value is -2.36. The van der Waals surface area contributed by atoms with E-state index >= 15 is 0 Å². The summed E-state index contributed by atoms with van der Waals surface area (Å²) in [6.07, 6.45) is 4.61. The fraction of sp³-hybridized carbons (Fsp3) is 0.0769. The number of carbonyl (C=O) groups excluding carboxylic acids is 1. The van der Waals surface area contributed by atoms with Crippen molar-refractivity contribution in [1.29, 1.82) is 0 Å². The quantitative estimate of drug-likeness (QED) is 0.681. The van der Waals surface area contributed by atoms with Crippen molar-refractivity contribution in [3.05, 3.63) is 42.4 Å². The summed E-state index contributed by atoms with van der Waals surface area (Å²) in [6.45, 7) is 0. The maximum Gasteiger partial charge on any atom is 0.166 e. The number of aromatic nitrogens is 3. The minimum Gasteiger partial charge on any atom is -0.352 e. The molecule has 0 saturated heterocycles. The summed E-state index contributed by atoms with van der Waals surface area (Å²) in [5.41, 5.74) is 3.72. The largest absolute Gasteiger partial charge is 0.352 e. The number of carbonyl (C=O) groups is 1. The standard InChI is InChI=1S/C13H11N3O/c1-16-7-11(6-14-16)9-2-3-10-4-12(8-17)15-13(10)5-9/h2-8,15H,1H3. The predicted octanol–water partition coefficient (Wildman–Crippen LogP) is 2.38. The SMILES string of the molecule is Cn1cc(-c2ccc3cc(C=O)[nH]c3c2)cn1. The Morgan fingerprint density at radius 1 is 1.29 bits per heavy atom. The van der Waals surface area contributed by atoms with Crippen molar-refractivity contribution in [2.45, 2.75) is 0 Å². The van der Waals surface area contributed by atoms with Crippen molar-refractivity contribution < 1.29 is 4.79 Å². The van der Waals surface area contributed by atoms with Crippen LogP contribution in [-0.2, 0) is 7.05 Å². The molecule has 0 fully saturated rings. The molecule has 4 nitrogen and oxygen atoms in total. The molecule has 0 amide bonds. The van der Waals surface area contributed by atoms with Crippen molar-refractivity contribution in [3.8, 4) is 11.1 Å². The summed E-state index contributed by atoms with van der Waals surface area (Å²) in [5.74, 6) is 0. The molecule has 0 saturated carbocycles. The molecule has 3 rings (SSSR count). The van der Waals surface area contributed by atoms with E-state index in [2.05, 4.69) is 10.1 Å². The zero-order valence-electron chi connectivity index (χ0n) is 9.34. The molecule has 0 aliphatic carbocycles. The van der Waals surface area contributed by atoms with Gasteiger partial charge in [-0.2, -0.15) is 5.10 Å². The van der Waals surface area contributed by atoms with E-state index < -0.39 is 0 Å². The second-order valence-corrected chi connectivity index (χ2v) is 4.05. The third kappa shape index (κ3) is 1.63. The van der Waals surface area contributed by atoms with E-state index in [0.29, 0.717) is 5.69 Å². The minimum absolute atomic E-state index is 0.600. The van der Waals surface area contributed by atoms with E-state index in [4.69, 9.17) is 0 Å². The normalized spacial score (nSPS) is 10.9. The highest BCUT2D eigenvalue weighted by Gasteiger charge is 2.04. The molecule has 2 heterocycles. The first kappa shape index (κ1) is 9.84. The molecule has 2 aromatic heterocycles. The van der Waals surface area contributed by atoms with Crippen LogP contribution in [0.3, 0.4) is 0 Å². The van der Waals surface area contributed by atoms with Gasteiger partial charge in [-0.05, 0) is 17.7 Å². The van der Waals surface area contributed by atoms with Gasteiger partial charge in [-0.3, -0.25) is 9.48 Å². The van der Waals surface area contributed by atoms with Crippen LogP contribution in [0.25, 0.3) is 22.0 Å². The minimum atomic E-state index is 0.600. The number of aromatic amines is 1. The van der Waals surface area contributed by atoms with E-state index in [1.807, 2.05) is 43.7 Å².